The minimum absolute atomic E-state index is 0.0345. The minimum Gasteiger partial charge on any atom is -0.389 e. The van der Waals surface area contributed by atoms with E-state index in [2.05, 4.69) is 4.74 Å². The number of rotatable bonds is 4. The van der Waals surface area contributed by atoms with Gasteiger partial charge in [0, 0.05) is 20.2 Å². The molecule has 0 aromatic rings. The van der Waals surface area contributed by atoms with Crippen LogP contribution < -0.4 is 0 Å². The van der Waals surface area contributed by atoms with Gasteiger partial charge in [-0.15, -0.1) is 0 Å². The van der Waals surface area contributed by atoms with Crippen LogP contribution in [0.15, 0.2) is 0 Å². The largest absolute Gasteiger partial charge is 0.389 e. The molecule has 1 saturated heterocycles. The Kier molecular flexibility index (Phi) is 3.85. The van der Waals surface area contributed by atoms with E-state index in [0.29, 0.717) is 0 Å². The van der Waals surface area contributed by atoms with E-state index in [1.807, 2.05) is 0 Å². The van der Waals surface area contributed by atoms with Gasteiger partial charge in [0.15, 0.2) is 0 Å². The average molecular weight is 225 g/mol. The molecule has 0 aromatic carbocycles. The molecule has 2 N–H and O–H groups in total. The highest BCUT2D eigenvalue weighted by molar-refractivity contribution is 7.89. The third kappa shape index (κ3) is 2.64. The molecule has 0 aromatic heterocycles. The summed E-state index contributed by atoms with van der Waals surface area (Å²) in [6.45, 7) is 0.0471. The summed E-state index contributed by atoms with van der Waals surface area (Å²) in [7, 11) is -1.98. The summed E-state index contributed by atoms with van der Waals surface area (Å²) in [5, 5.41) is 18.3. The van der Waals surface area contributed by atoms with Crippen molar-refractivity contribution in [3.8, 4) is 0 Å². The third-order valence-electron chi connectivity index (χ3n) is 2.16. The van der Waals surface area contributed by atoms with Crippen LogP contribution in [0.25, 0.3) is 0 Å². The number of β-amino-alcohol motifs (C(OH)–C–C–N with tert-alkyl or cyclic N) is 2. The maximum absolute atomic E-state index is 11.5. The predicted octanol–water partition coefficient (Wildman–Crippen LogP) is -2.00. The Bertz CT molecular complexity index is 268. The second-order valence-corrected chi connectivity index (χ2v) is 5.35. The molecule has 0 amide bonds. The highest BCUT2D eigenvalue weighted by atomic mass is 32.2. The van der Waals surface area contributed by atoms with Crippen molar-refractivity contribution in [1.82, 2.24) is 4.31 Å². The van der Waals surface area contributed by atoms with Gasteiger partial charge in [0.1, 0.15) is 0 Å². The lowest BCUT2D eigenvalue weighted by Gasteiger charge is -2.14. The first-order valence-electron chi connectivity index (χ1n) is 4.30. The first-order valence-corrected chi connectivity index (χ1v) is 5.91. The zero-order valence-corrected chi connectivity index (χ0v) is 8.77. The van der Waals surface area contributed by atoms with Crippen molar-refractivity contribution in [2.45, 2.75) is 12.2 Å². The normalized spacial score (nSPS) is 29.6. The van der Waals surface area contributed by atoms with E-state index in [4.69, 9.17) is 10.2 Å². The molecule has 1 heterocycles. The minimum atomic E-state index is -3.40. The molecule has 0 aliphatic carbocycles. The van der Waals surface area contributed by atoms with Gasteiger partial charge in [-0.2, -0.15) is 4.31 Å². The van der Waals surface area contributed by atoms with Crippen LogP contribution in [0, 0.1) is 0 Å². The van der Waals surface area contributed by atoms with Crippen LogP contribution in [0.1, 0.15) is 0 Å². The standard InChI is InChI=1S/C7H15NO5S/c1-13-2-3-14(11,12)8-4-6(9)7(10)5-8/h6-7,9-10H,2-5H2,1H3/t6-,7+. The van der Waals surface area contributed by atoms with Crippen LogP contribution >= 0.6 is 0 Å². The quantitative estimate of drug-likeness (QED) is 0.578. The van der Waals surface area contributed by atoms with Crippen LogP contribution in [0.4, 0.5) is 0 Å². The van der Waals surface area contributed by atoms with E-state index >= 15 is 0 Å². The van der Waals surface area contributed by atoms with Gasteiger partial charge in [-0.05, 0) is 0 Å². The summed E-state index contributed by atoms with van der Waals surface area (Å²) in [6.07, 6.45) is -1.96. The Morgan fingerprint density at radius 1 is 1.36 bits per heavy atom. The SMILES string of the molecule is COCCS(=O)(=O)N1C[C@@H](O)[C@@H](O)C1. The van der Waals surface area contributed by atoms with Gasteiger partial charge < -0.3 is 14.9 Å². The third-order valence-corrected chi connectivity index (χ3v) is 3.93. The molecule has 0 unspecified atom stereocenters. The molecule has 2 atom stereocenters. The zero-order valence-electron chi connectivity index (χ0n) is 7.96. The van der Waals surface area contributed by atoms with E-state index in [1.165, 1.54) is 7.11 Å². The van der Waals surface area contributed by atoms with Crippen LogP contribution in [0.2, 0.25) is 0 Å². The Hall–Kier alpha value is -0.210. The molecule has 84 valence electrons. The number of ether oxygens (including phenoxy) is 1. The molecular formula is C7H15NO5S. The van der Waals surface area contributed by atoms with Crippen LogP contribution in [0.3, 0.4) is 0 Å². The summed E-state index contributed by atoms with van der Waals surface area (Å²) in [4.78, 5) is 0. The van der Waals surface area contributed by atoms with Gasteiger partial charge in [-0.1, -0.05) is 0 Å². The first-order chi connectivity index (χ1) is 6.47. The van der Waals surface area contributed by atoms with E-state index in [-0.39, 0.29) is 25.4 Å². The summed E-state index contributed by atoms with van der Waals surface area (Å²) in [5.41, 5.74) is 0. The smallest absolute Gasteiger partial charge is 0.216 e. The van der Waals surface area contributed by atoms with E-state index < -0.39 is 22.2 Å². The van der Waals surface area contributed by atoms with Crippen LogP contribution in [-0.2, 0) is 14.8 Å². The van der Waals surface area contributed by atoms with Gasteiger partial charge >= 0.3 is 0 Å². The summed E-state index contributed by atoms with van der Waals surface area (Å²) >= 11 is 0. The number of hydrogen-bond acceptors (Lipinski definition) is 5. The van der Waals surface area contributed by atoms with Crippen molar-refractivity contribution in [2.24, 2.45) is 0 Å². The molecule has 1 aliphatic heterocycles. The maximum atomic E-state index is 11.5. The molecule has 1 rings (SSSR count). The molecule has 0 radical (unpaired) electrons. The lowest BCUT2D eigenvalue weighted by Crippen LogP contribution is -2.33. The Morgan fingerprint density at radius 2 is 1.86 bits per heavy atom. The fourth-order valence-electron chi connectivity index (χ4n) is 1.28. The summed E-state index contributed by atoms with van der Waals surface area (Å²) < 4.78 is 28.8. The average Bonchev–Trinajstić information content (AvgIpc) is 2.45. The van der Waals surface area contributed by atoms with Gasteiger partial charge in [0.25, 0.3) is 0 Å². The monoisotopic (exact) mass is 225 g/mol. The molecule has 0 spiro atoms. The number of sulfonamides is 1. The highest BCUT2D eigenvalue weighted by Crippen LogP contribution is 2.14. The first kappa shape index (κ1) is 11.9. The number of methoxy groups -OCH3 is 1. The number of hydrogen-bond donors (Lipinski definition) is 2. The number of nitrogens with zero attached hydrogens (tertiary/aromatic N) is 1. The predicted molar refractivity (Wildman–Crippen MR) is 49.2 cm³/mol. The Morgan fingerprint density at radius 3 is 2.29 bits per heavy atom. The molecule has 1 fully saturated rings. The number of aliphatic hydroxyl groups is 2. The fraction of sp³-hybridized carbons (Fsp3) is 1.00. The van der Waals surface area contributed by atoms with Crippen molar-refractivity contribution in [2.75, 3.05) is 32.6 Å². The van der Waals surface area contributed by atoms with Crippen LogP contribution in [0.5, 0.6) is 0 Å². The lowest BCUT2D eigenvalue weighted by atomic mass is 10.3. The summed E-state index contributed by atoms with van der Waals surface area (Å²) in [6, 6.07) is 0. The fourth-order valence-corrected chi connectivity index (χ4v) is 2.68. The molecule has 1 aliphatic rings. The lowest BCUT2D eigenvalue weighted by molar-refractivity contribution is 0.0572. The second kappa shape index (κ2) is 4.54. The van der Waals surface area contributed by atoms with E-state index in [1.54, 1.807) is 0 Å². The van der Waals surface area contributed by atoms with Crippen molar-refractivity contribution < 1.29 is 23.4 Å². The molecular weight excluding hydrogens is 210 g/mol. The Labute approximate surface area is 83.1 Å². The summed E-state index contributed by atoms with van der Waals surface area (Å²) in [5.74, 6) is -0.122. The molecule has 14 heavy (non-hydrogen) atoms. The van der Waals surface area contributed by atoms with Gasteiger partial charge in [0.2, 0.25) is 10.0 Å². The number of aliphatic hydroxyl groups excluding tert-OH is 2. The highest BCUT2D eigenvalue weighted by Gasteiger charge is 2.36. The van der Waals surface area contributed by atoms with Gasteiger partial charge in [-0.25, -0.2) is 8.42 Å². The van der Waals surface area contributed by atoms with Crippen molar-refractivity contribution in [1.29, 1.82) is 0 Å². The molecule has 6 nitrogen and oxygen atoms in total. The van der Waals surface area contributed by atoms with Crippen molar-refractivity contribution >= 4 is 10.0 Å². The molecule has 7 heteroatoms. The Balaban J connectivity index is 2.57. The second-order valence-electron chi connectivity index (χ2n) is 3.26. The van der Waals surface area contributed by atoms with E-state index in [9.17, 15) is 8.42 Å². The molecule has 0 bridgehead atoms. The van der Waals surface area contributed by atoms with Crippen LogP contribution in [-0.4, -0.2) is 67.7 Å². The topological polar surface area (TPSA) is 87.1 Å². The zero-order chi connectivity index (χ0) is 10.8. The van der Waals surface area contributed by atoms with Crippen molar-refractivity contribution in [3.05, 3.63) is 0 Å². The maximum Gasteiger partial charge on any atom is 0.216 e. The van der Waals surface area contributed by atoms with Gasteiger partial charge in [-0.3, -0.25) is 0 Å². The van der Waals surface area contributed by atoms with Gasteiger partial charge in [0.05, 0.1) is 24.6 Å². The van der Waals surface area contributed by atoms with E-state index in [0.717, 1.165) is 4.31 Å². The molecule has 0 saturated carbocycles. The van der Waals surface area contributed by atoms with Crippen molar-refractivity contribution in [3.63, 3.8) is 0 Å².